The second kappa shape index (κ2) is 9.57. The van der Waals surface area contributed by atoms with E-state index >= 15 is 0 Å². The van der Waals surface area contributed by atoms with Crippen molar-refractivity contribution in [1.82, 2.24) is 4.72 Å². The van der Waals surface area contributed by atoms with Crippen LogP contribution in [-0.2, 0) is 16.4 Å². The lowest BCUT2D eigenvalue weighted by Crippen LogP contribution is -2.35. The number of non-ortho nitro benzene ring substituents is 1. The SMILES string of the molecule is CCCCC=CC1CC2CCC1=C(NS(=O)(=O)CCc1cccc([N+](=O)[O-])c1)C2. The van der Waals surface area contributed by atoms with E-state index < -0.39 is 14.9 Å². The summed E-state index contributed by atoms with van der Waals surface area (Å²) in [5.74, 6) is 0.823. The first kappa shape index (κ1) is 21.6. The highest BCUT2D eigenvalue weighted by atomic mass is 32.2. The summed E-state index contributed by atoms with van der Waals surface area (Å²) < 4.78 is 28.2. The lowest BCUT2D eigenvalue weighted by Gasteiger charge is -2.38. The molecule has 3 aliphatic carbocycles. The maximum Gasteiger partial charge on any atom is 0.269 e. The molecule has 3 aliphatic rings. The number of nitro benzene ring substituents is 1. The van der Waals surface area contributed by atoms with Gasteiger partial charge in [0.2, 0.25) is 10.0 Å². The minimum absolute atomic E-state index is 0.0138. The highest BCUT2D eigenvalue weighted by Gasteiger charge is 2.34. The molecule has 1 aromatic rings. The molecule has 2 bridgehead atoms. The van der Waals surface area contributed by atoms with Crippen molar-refractivity contribution in [2.24, 2.45) is 11.8 Å². The summed E-state index contributed by atoms with van der Waals surface area (Å²) in [5, 5.41) is 10.9. The van der Waals surface area contributed by atoms with Crippen molar-refractivity contribution in [1.29, 1.82) is 0 Å². The van der Waals surface area contributed by atoms with Crippen LogP contribution in [0.5, 0.6) is 0 Å². The third-order valence-corrected chi connectivity index (χ3v) is 7.19. The van der Waals surface area contributed by atoms with E-state index in [1.54, 1.807) is 12.1 Å². The van der Waals surface area contributed by atoms with Crippen molar-refractivity contribution >= 4 is 15.7 Å². The Kier molecular flexibility index (Phi) is 7.11. The lowest BCUT2D eigenvalue weighted by molar-refractivity contribution is -0.384. The molecule has 2 unspecified atom stereocenters. The zero-order valence-electron chi connectivity index (χ0n) is 17.0. The van der Waals surface area contributed by atoms with Gasteiger partial charge in [-0.25, -0.2) is 8.42 Å². The Morgan fingerprint density at radius 2 is 2.17 bits per heavy atom. The summed E-state index contributed by atoms with van der Waals surface area (Å²) in [5.41, 5.74) is 2.78. The van der Waals surface area contributed by atoms with Gasteiger partial charge in [0.1, 0.15) is 0 Å². The zero-order valence-corrected chi connectivity index (χ0v) is 17.8. The molecule has 0 spiro atoms. The summed E-state index contributed by atoms with van der Waals surface area (Å²) in [4.78, 5) is 10.4. The first-order valence-electron chi connectivity index (χ1n) is 10.5. The van der Waals surface area contributed by atoms with Crippen LogP contribution in [0, 0.1) is 22.0 Å². The van der Waals surface area contributed by atoms with Crippen LogP contribution < -0.4 is 4.72 Å². The smallest absolute Gasteiger partial charge is 0.269 e. The second-order valence-electron chi connectivity index (χ2n) is 8.12. The molecule has 7 heteroatoms. The number of rotatable bonds is 10. The van der Waals surface area contributed by atoms with E-state index in [1.165, 1.54) is 30.5 Å². The van der Waals surface area contributed by atoms with E-state index in [1.807, 2.05) is 0 Å². The quantitative estimate of drug-likeness (QED) is 0.254. The maximum atomic E-state index is 12.7. The Hall–Kier alpha value is -2.15. The number of aryl methyl sites for hydroxylation is 1. The Labute approximate surface area is 173 Å². The van der Waals surface area contributed by atoms with Crippen molar-refractivity contribution in [3.63, 3.8) is 0 Å². The van der Waals surface area contributed by atoms with Crippen LogP contribution in [0.15, 0.2) is 47.7 Å². The number of hydrogen-bond donors (Lipinski definition) is 1. The van der Waals surface area contributed by atoms with Crippen molar-refractivity contribution < 1.29 is 13.3 Å². The van der Waals surface area contributed by atoms with Gasteiger partial charge in [-0.3, -0.25) is 14.8 Å². The van der Waals surface area contributed by atoms with Crippen molar-refractivity contribution in [3.8, 4) is 0 Å². The number of sulfonamides is 1. The van der Waals surface area contributed by atoms with Crippen molar-refractivity contribution in [3.05, 3.63) is 63.4 Å². The second-order valence-corrected chi connectivity index (χ2v) is 9.97. The number of nitrogens with zero attached hydrogens (tertiary/aromatic N) is 1. The predicted octanol–water partition coefficient (Wildman–Crippen LogP) is 4.88. The Bertz CT molecular complexity index is 905. The van der Waals surface area contributed by atoms with Gasteiger partial charge in [-0.15, -0.1) is 0 Å². The van der Waals surface area contributed by atoms with Gasteiger partial charge in [-0.2, -0.15) is 0 Å². The fraction of sp³-hybridized carbons (Fsp3) is 0.545. The fourth-order valence-corrected chi connectivity index (χ4v) is 5.54. The largest absolute Gasteiger partial charge is 0.287 e. The first-order chi connectivity index (χ1) is 13.9. The molecule has 0 aromatic heterocycles. The molecule has 0 amide bonds. The van der Waals surface area contributed by atoms with Crippen LogP contribution in [-0.4, -0.2) is 19.1 Å². The molecular formula is C22H30N2O4S. The van der Waals surface area contributed by atoms with E-state index in [4.69, 9.17) is 0 Å². The number of hydrogen-bond acceptors (Lipinski definition) is 4. The van der Waals surface area contributed by atoms with Gasteiger partial charge in [0.05, 0.1) is 10.7 Å². The molecule has 1 aromatic carbocycles. The van der Waals surface area contributed by atoms with Gasteiger partial charge in [-0.1, -0.05) is 44.1 Å². The molecule has 4 rings (SSSR count). The van der Waals surface area contributed by atoms with E-state index in [9.17, 15) is 18.5 Å². The van der Waals surface area contributed by atoms with Crippen LogP contribution in [0.4, 0.5) is 5.69 Å². The highest BCUT2D eigenvalue weighted by molar-refractivity contribution is 7.89. The number of fused-ring (bicyclic) bond motifs is 3. The zero-order chi connectivity index (χ0) is 20.9. The number of allylic oxidation sites excluding steroid dienone is 4. The number of unbranched alkanes of at least 4 members (excludes halogenated alkanes) is 2. The third-order valence-electron chi connectivity index (χ3n) is 5.89. The topological polar surface area (TPSA) is 89.3 Å². The average Bonchev–Trinajstić information content (AvgIpc) is 2.70. The summed E-state index contributed by atoms with van der Waals surface area (Å²) in [6, 6.07) is 6.17. The molecule has 0 heterocycles. The number of benzene rings is 1. The molecule has 1 fully saturated rings. The molecule has 158 valence electrons. The molecule has 1 saturated carbocycles. The Morgan fingerprint density at radius 3 is 2.90 bits per heavy atom. The molecule has 29 heavy (non-hydrogen) atoms. The Balaban J connectivity index is 1.65. The lowest BCUT2D eigenvalue weighted by atomic mass is 9.69. The van der Waals surface area contributed by atoms with Gasteiger partial charge in [0.25, 0.3) is 5.69 Å². The minimum Gasteiger partial charge on any atom is -0.287 e. The summed E-state index contributed by atoms with van der Waals surface area (Å²) in [6.07, 6.45) is 12.3. The number of nitro groups is 1. The monoisotopic (exact) mass is 418 g/mol. The van der Waals surface area contributed by atoms with Gasteiger partial charge in [0.15, 0.2) is 0 Å². The molecule has 0 aliphatic heterocycles. The van der Waals surface area contributed by atoms with E-state index in [0.29, 0.717) is 17.4 Å². The standard InChI is InChI=1S/C22H30N2O4S/c1-2-3-4-5-8-19-14-18-10-11-21(19)22(16-18)23-29(27,28)13-12-17-7-6-9-20(15-17)24(25)26/h5-9,15,18-19,23H,2-4,10-14,16H2,1H3. The predicted molar refractivity (Wildman–Crippen MR) is 115 cm³/mol. The van der Waals surface area contributed by atoms with Crippen molar-refractivity contribution in [2.75, 3.05) is 5.75 Å². The molecular weight excluding hydrogens is 388 g/mol. The summed E-state index contributed by atoms with van der Waals surface area (Å²) in [6.45, 7) is 2.18. The molecule has 0 saturated heterocycles. The van der Waals surface area contributed by atoms with E-state index in [0.717, 1.165) is 37.8 Å². The van der Waals surface area contributed by atoms with Crippen LogP contribution in [0.1, 0.15) is 57.4 Å². The third kappa shape index (κ3) is 5.92. The summed E-state index contributed by atoms with van der Waals surface area (Å²) in [7, 11) is -3.49. The van der Waals surface area contributed by atoms with Gasteiger partial charge in [0, 0.05) is 17.8 Å². The molecule has 1 N–H and O–H groups in total. The van der Waals surface area contributed by atoms with Gasteiger partial charge < -0.3 is 0 Å². The van der Waals surface area contributed by atoms with Crippen LogP contribution in [0.3, 0.4) is 0 Å². The van der Waals surface area contributed by atoms with E-state index in [2.05, 4.69) is 23.8 Å². The maximum absolute atomic E-state index is 12.7. The highest BCUT2D eigenvalue weighted by Crippen LogP contribution is 2.44. The average molecular weight is 419 g/mol. The van der Waals surface area contributed by atoms with Gasteiger partial charge in [-0.05, 0) is 61.5 Å². The molecule has 6 nitrogen and oxygen atoms in total. The molecule has 0 radical (unpaired) electrons. The van der Waals surface area contributed by atoms with Crippen LogP contribution >= 0.6 is 0 Å². The van der Waals surface area contributed by atoms with Gasteiger partial charge >= 0.3 is 0 Å². The normalized spacial score (nSPS) is 21.7. The van der Waals surface area contributed by atoms with Crippen LogP contribution in [0.2, 0.25) is 0 Å². The first-order valence-corrected chi connectivity index (χ1v) is 12.2. The van der Waals surface area contributed by atoms with Crippen molar-refractivity contribution in [2.45, 2.75) is 58.3 Å². The summed E-state index contributed by atoms with van der Waals surface area (Å²) >= 11 is 0. The number of nitrogens with one attached hydrogen (secondary N) is 1. The molecule has 2 atom stereocenters. The van der Waals surface area contributed by atoms with E-state index in [-0.39, 0.29) is 17.9 Å². The Morgan fingerprint density at radius 1 is 1.34 bits per heavy atom. The fourth-order valence-electron chi connectivity index (χ4n) is 4.34. The van der Waals surface area contributed by atoms with Crippen LogP contribution in [0.25, 0.3) is 0 Å². The minimum atomic E-state index is -3.49.